The summed E-state index contributed by atoms with van der Waals surface area (Å²) in [7, 11) is 0. The summed E-state index contributed by atoms with van der Waals surface area (Å²) in [5.41, 5.74) is 2.13. The minimum absolute atomic E-state index is 0.182. The number of halogens is 5. The maximum Gasteiger partial charge on any atom is 0.391 e. The number of benzene rings is 1. The summed E-state index contributed by atoms with van der Waals surface area (Å²) in [6.45, 7) is 0.928. The predicted octanol–water partition coefficient (Wildman–Crippen LogP) is 5.12. The molecule has 1 saturated heterocycles. The van der Waals surface area contributed by atoms with Gasteiger partial charge in [-0.05, 0) is 36.6 Å². The van der Waals surface area contributed by atoms with E-state index >= 15 is 0 Å². The summed E-state index contributed by atoms with van der Waals surface area (Å²) in [5, 5.41) is 0.695. The first-order valence-corrected chi connectivity index (χ1v) is 7.99. The monoisotopic (exact) mass is 399 g/mol. The van der Waals surface area contributed by atoms with Crippen LogP contribution in [0.1, 0.15) is 18.4 Å². The SMILES string of the molecule is FC(F)(F)C1CCN(c2ccc(Br)cc2CBr)CC1. The molecule has 0 bridgehead atoms. The Hall–Kier alpha value is -0.230. The van der Waals surface area contributed by atoms with Crippen LogP contribution in [0, 0.1) is 5.92 Å². The first kappa shape index (κ1) is 15.2. The van der Waals surface area contributed by atoms with E-state index in [1.165, 1.54) is 0 Å². The van der Waals surface area contributed by atoms with Gasteiger partial charge < -0.3 is 4.90 Å². The number of alkyl halides is 4. The largest absolute Gasteiger partial charge is 0.391 e. The fraction of sp³-hybridized carbons (Fsp3) is 0.538. The first-order chi connectivity index (χ1) is 8.91. The molecule has 106 valence electrons. The van der Waals surface area contributed by atoms with E-state index in [1.807, 2.05) is 23.1 Å². The van der Waals surface area contributed by atoms with Crippen LogP contribution in [-0.2, 0) is 5.33 Å². The van der Waals surface area contributed by atoms with Crippen LogP contribution in [0.15, 0.2) is 22.7 Å². The standard InChI is InChI=1S/C13H14Br2F3N/c14-8-9-7-11(15)1-2-12(9)19-5-3-10(4-6-19)13(16,17)18/h1-2,7,10H,3-6,8H2. The minimum atomic E-state index is -4.05. The Balaban J connectivity index is 2.10. The minimum Gasteiger partial charge on any atom is -0.371 e. The van der Waals surface area contributed by atoms with Gasteiger partial charge in [0.1, 0.15) is 0 Å². The van der Waals surface area contributed by atoms with Crippen molar-refractivity contribution in [2.75, 3.05) is 18.0 Å². The summed E-state index contributed by atoms with van der Waals surface area (Å²) in [6, 6.07) is 5.89. The van der Waals surface area contributed by atoms with Crippen molar-refractivity contribution < 1.29 is 13.2 Å². The highest BCUT2D eigenvalue weighted by molar-refractivity contribution is 9.10. The molecule has 0 N–H and O–H groups in total. The zero-order valence-corrected chi connectivity index (χ0v) is 13.4. The lowest BCUT2D eigenvalue weighted by Gasteiger charge is -2.35. The highest BCUT2D eigenvalue weighted by Crippen LogP contribution is 2.36. The molecule has 0 amide bonds. The summed E-state index contributed by atoms with van der Waals surface area (Å²) in [6.07, 6.45) is -3.69. The molecule has 2 rings (SSSR count). The summed E-state index contributed by atoms with van der Waals surface area (Å²) >= 11 is 6.83. The number of nitrogens with zero attached hydrogens (tertiary/aromatic N) is 1. The molecule has 1 aliphatic heterocycles. The molecule has 1 aromatic carbocycles. The third-order valence-electron chi connectivity index (χ3n) is 3.48. The van der Waals surface area contributed by atoms with E-state index in [0.29, 0.717) is 18.4 Å². The summed E-state index contributed by atoms with van der Waals surface area (Å²) in [4.78, 5) is 2.05. The number of anilines is 1. The lowest BCUT2D eigenvalue weighted by molar-refractivity contribution is -0.179. The van der Waals surface area contributed by atoms with Gasteiger partial charge in [-0.25, -0.2) is 0 Å². The molecule has 0 saturated carbocycles. The van der Waals surface area contributed by atoms with E-state index in [1.54, 1.807) is 0 Å². The molecule has 6 heteroatoms. The number of hydrogen-bond donors (Lipinski definition) is 0. The Morgan fingerprint density at radius 1 is 1.21 bits per heavy atom. The van der Waals surface area contributed by atoms with Crippen LogP contribution in [0.4, 0.5) is 18.9 Å². The maximum absolute atomic E-state index is 12.6. The first-order valence-electron chi connectivity index (χ1n) is 6.08. The number of rotatable bonds is 2. The van der Waals surface area contributed by atoms with Crippen LogP contribution < -0.4 is 4.90 Å². The van der Waals surface area contributed by atoms with Crippen LogP contribution in [0.25, 0.3) is 0 Å². The van der Waals surface area contributed by atoms with Gasteiger partial charge in [0.25, 0.3) is 0 Å². The van der Waals surface area contributed by atoms with E-state index in [9.17, 15) is 13.2 Å². The molecule has 0 aliphatic carbocycles. The molecule has 0 atom stereocenters. The second-order valence-corrected chi connectivity index (χ2v) is 6.19. The Morgan fingerprint density at radius 2 is 1.84 bits per heavy atom. The van der Waals surface area contributed by atoms with E-state index in [2.05, 4.69) is 31.9 Å². The van der Waals surface area contributed by atoms with Crippen molar-refractivity contribution in [3.8, 4) is 0 Å². The second kappa shape index (κ2) is 6.04. The van der Waals surface area contributed by atoms with Gasteiger partial charge in [-0.15, -0.1) is 0 Å². The van der Waals surface area contributed by atoms with Gasteiger partial charge in [0.15, 0.2) is 0 Å². The van der Waals surface area contributed by atoms with Crippen molar-refractivity contribution >= 4 is 37.5 Å². The molecular formula is C13H14Br2F3N. The van der Waals surface area contributed by atoms with Gasteiger partial charge in [0.05, 0.1) is 5.92 Å². The molecule has 0 aromatic heterocycles. The van der Waals surface area contributed by atoms with Gasteiger partial charge in [0, 0.05) is 28.6 Å². The number of hydrogen-bond acceptors (Lipinski definition) is 1. The third kappa shape index (κ3) is 3.66. The fourth-order valence-electron chi connectivity index (χ4n) is 2.42. The van der Waals surface area contributed by atoms with Crippen molar-refractivity contribution in [3.05, 3.63) is 28.2 Å². The van der Waals surface area contributed by atoms with Crippen LogP contribution >= 0.6 is 31.9 Å². The summed E-state index contributed by atoms with van der Waals surface area (Å²) < 4.78 is 38.9. The molecule has 0 unspecified atom stereocenters. The van der Waals surface area contributed by atoms with Crippen molar-refractivity contribution in [2.45, 2.75) is 24.3 Å². The fourth-order valence-corrected chi connectivity index (χ4v) is 3.27. The molecule has 1 fully saturated rings. The normalized spacial score (nSPS) is 17.8. The Bertz CT molecular complexity index is 440. The Labute approximate surface area is 127 Å². The molecule has 19 heavy (non-hydrogen) atoms. The molecule has 1 aliphatic rings. The van der Waals surface area contributed by atoms with Crippen molar-refractivity contribution in [1.82, 2.24) is 0 Å². The molecule has 0 radical (unpaired) electrons. The topological polar surface area (TPSA) is 3.24 Å². The van der Waals surface area contributed by atoms with Gasteiger partial charge >= 0.3 is 6.18 Å². The van der Waals surface area contributed by atoms with E-state index in [-0.39, 0.29) is 12.8 Å². The van der Waals surface area contributed by atoms with E-state index in [4.69, 9.17) is 0 Å². The molecule has 1 aromatic rings. The van der Waals surface area contributed by atoms with Gasteiger partial charge in [0.2, 0.25) is 0 Å². The Kier molecular flexibility index (Phi) is 4.82. The van der Waals surface area contributed by atoms with Gasteiger partial charge in [-0.3, -0.25) is 0 Å². The lowest BCUT2D eigenvalue weighted by Crippen LogP contribution is -2.39. The van der Waals surface area contributed by atoms with Crippen molar-refractivity contribution in [1.29, 1.82) is 0 Å². The molecule has 0 spiro atoms. The third-order valence-corrected chi connectivity index (χ3v) is 4.58. The maximum atomic E-state index is 12.6. The van der Waals surface area contributed by atoms with Crippen LogP contribution in [-0.4, -0.2) is 19.3 Å². The molecule has 1 nitrogen and oxygen atoms in total. The van der Waals surface area contributed by atoms with Gasteiger partial charge in [-0.2, -0.15) is 13.2 Å². The number of piperidine rings is 1. The van der Waals surface area contributed by atoms with Crippen LogP contribution in [0.2, 0.25) is 0 Å². The molecule has 1 heterocycles. The molecular weight excluding hydrogens is 387 g/mol. The van der Waals surface area contributed by atoms with Crippen molar-refractivity contribution in [2.24, 2.45) is 5.92 Å². The van der Waals surface area contributed by atoms with Gasteiger partial charge in [-0.1, -0.05) is 31.9 Å². The van der Waals surface area contributed by atoms with E-state index < -0.39 is 12.1 Å². The Morgan fingerprint density at radius 3 is 2.37 bits per heavy atom. The predicted molar refractivity (Wildman–Crippen MR) is 77.8 cm³/mol. The smallest absolute Gasteiger partial charge is 0.371 e. The average Bonchev–Trinajstić information content (AvgIpc) is 2.37. The lowest BCUT2D eigenvalue weighted by atomic mass is 9.95. The average molecular weight is 401 g/mol. The second-order valence-electron chi connectivity index (χ2n) is 4.71. The summed E-state index contributed by atoms with van der Waals surface area (Å²) in [5.74, 6) is -1.15. The highest BCUT2D eigenvalue weighted by Gasteiger charge is 2.41. The van der Waals surface area contributed by atoms with Crippen LogP contribution in [0.5, 0.6) is 0 Å². The zero-order chi connectivity index (χ0) is 14.0. The zero-order valence-electron chi connectivity index (χ0n) is 10.2. The van der Waals surface area contributed by atoms with Crippen molar-refractivity contribution in [3.63, 3.8) is 0 Å². The highest BCUT2D eigenvalue weighted by atomic mass is 79.9. The van der Waals surface area contributed by atoms with E-state index in [0.717, 1.165) is 15.7 Å². The quantitative estimate of drug-likeness (QED) is 0.622. The van der Waals surface area contributed by atoms with Crippen LogP contribution in [0.3, 0.4) is 0 Å².